The van der Waals surface area contributed by atoms with Crippen LogP contribution >= 0.6 is 11.6 Å². The van der Waals surface area contributed by atoms with E-state index in [0.717, 1.165) is 27.6 Å². The molecule has 0 aliphatic carbocycles. The predicted octanol–water partition coefficient (Wildman–Crippen LogP) is 4.37. The smallest absolute Gasteiger partial charge is 0.121 e. The summed E-state index contributed by atoms with van der Waals surface area (Å²) >= 11 is 5.98. The Hall–Kier alpha value is -1.67. The average molecular weight is 262 g/mol. The minimum Gasteiger partial charge on any atom is -0.486 e. The highest BCUT2D eigenvalue weighted by Gasteiger charge is 2.08. The van der Waals surface area contributed by atoms with E-state index in [1.807, 2.05) is 56.3 Å². The summed E-state index contributed by atoms with van der Waals surface area (Å²) in [6.45, 7) is 3.96. The Morgan fingerprint density at radius 2 is 1.94 bits per heavy atom. The van der Waals surface area contributed by atoms with Gasteiger partial charge in [-0.2, -0.15) is 0 Å². The summed E-state index contributed by atoms with van der Waals surface area (Å²) in [7, 11) is 0. The van der Waals surface area contributed by atoms with Gasteiger partial charge in [0.25, 0.3) is 0 Å². The maximum absolute atomic E-state index is 5.98. The second kappa shape index (κ2) is 5.32. The Balaban J connectivity index is 2.16. The predicted molar refractivity (Wildman–Crippen MR) is 76.1 cm³/mol. The number of halogens is 1. The van der Waals surface area contributed by atoms with Crippen LogP contribution in [0.4, 0.5) is 5.69 Å². The van der Waals surface area contributed by atoms with E-state index in [9.17, 15) is 0 Å². The molecule has 0 amide bonds. The van der Waals surface area contributed by atoms with Crippen LogP contribution in [0.15, 0.2) is 42.5 Å². The summed E-state index contributed by atoms with van der Waals surface area (Å²) in [5.74, 6) is 0.812. The Morgan fingerprint density at radius 1 is 1.17 bits per heavy atom. The van der Waals surface area contributed by atoms with E-state index in [-0.39, 0.29) is 6.10 Å². The fourth-order valence-corrected chi connectivity index (χ4v) is 1.89. The first kappa shape index (κ1) is 12.8. The van der Waals surface area contributed by atoms with Crippen LogP contribution in [0.3, 0.4) is 0 Å². The van der Waals surface area contributed by atoms with Crippen molar-refractivity contribution in [1.29, 1.82) is 0 Å². The first-order valence-electron chi connectivity index (χ1n) is 5.84. The SMILES string of the molecule is Cc1cc(OC(C)c2cccc(N)c2)ccc1Cl. The highest BCUT2D eigenvalue weighted by molar-refractivity contribution is 6.31. The van der Waals surface area contributed by atoms with E-state index in [0.29, 0.717) is 0 Å². The lowest BCUT2D eigenvalue weighted by Gasteiger charge is -2.16. The first-order valence-corrected chi connectivity index (χ1v) is 6.22. The highest BCUT2D eigenvalue weighted by atomic mass is 35.5. The maximum Gasteiger partial charge on any atom is 0.121 e. The summed E-state index contributed by atoms with van der Waals surface area (Å²) in [6, 6.07) is 13.4. The van der Waals surface area contributed by atoms with E-state index in [1.165, 1.54) is 0 Å². The molecule has 0 heterocycles. The highest BCUT2D eigenvalue weighted by Crippen LogP contribution is 2.26. The van der Waals surface area contributed by atoms with Crippen LogP contribution in [0.25, 0.3) is 0 Å². The van der Waals surface area contributed by atoms with Crippen LogP contribution in [-0.2, 0) is 0 Å². The van der Waals surface area contributed by atoms with Crippen LogP contribution in [0.2, 0.25) is 5.02 Å². The minimum absolute atomic E-state index is 0.0472. The molecule has 0 aliphatic heterocycles. The fraction of sp³-hybridized carbons (Fsp3) is 0.200. The van der Waals surface area contributed by atoms with Crippen LogP contribution in [0.1, 0.15) is 24.2 Å². The lowest BCUT2D eigenvalue weighted by Crippen LogP contribution is -2.03. The average Bonchev–Trinajstić information content (AvgIpc) is 2.34. The molecule has 3 heteroatoms. The molecule has 1 atom stereocenters. The summed E-state index contributed by atoms with van der Waals surface area (Å²) in [5.41, 5.74) is 8.57. The van der Waals surface area contributed by atoms with E-state index >= 15 is 0 Å². The molecule has 1 unspecified atom stereocenters. The first-order chi connectivity index (χ1) is 8.56. The minimum atomic E-state index is -0.0472. The number of benzene rings is 2. The molecule has 0 spiro atoms. The number of ether oxygens (including phenoxy) is 1. The second-order valence-corrected chi connectivity index (χ2v) is 4.75. The molecule has 0 radical (unpaired) electrons. The summed E-state index contributed by atoms with van der Waals surface area (Å²) < 4.78 is 5.88. The van der Waals surface area contributed by atoms with Gasteiger partial charge >= 0.3 is 0 Å². The Kier molecular flexibility index (Phi) is 3.78. The van der Waals surface area contributed by atoms with E-state index in [1.54, 1.807) is 0 Å². The normalized spacial score (nSPS) is 12.2. The number of nitrogens with two attached hydrogens (primary N) is 1. The zero-order valence-electron chi connectivity index (χ0n) is 10.5. The molecule has 0 aromatic heterocycles. The van der Waals surface area contributed by atoms with Crippen LogP contribution in [-0.4, -0.2) is 0 Å². The zero-order valence-corrected chi connectivity index (χ0v) is 11.2. The molecule has 0 saturated heterocycles. The van der Waals surface area contributed by atoms with Crippen molar-refractivity contribution >= 4 is 17.3 Å². The molecule has 2 N–H and O–H groups in total. The number of hydrogen-bond acceptors (Lipinski definition) is 2. The Morgan fingerprint density at radius 3 is 2.61 bits per heavy atom. The monoisotopic (exact) mass is 261 g/mol. The van der Waals surface area contributed by atoms with Gasteiger partial charge in [-0.1, -0.05) is 23.7 Å². The van der Waals surface area contributed by atoms with Gasteiger partial charge in [0, 0.05) is 10.7 Å². The molecular formula is C15H16ClNO. The van der Waals surface area contributed by atoms with E-state index in [4.69, 9.17) is 22.1 Å². The molecule has 0 saturated carbocycles. The summed E-state index contributed by atoms with van der Waals surface area (Å²) in [6.07, 6.45) is -0.0472. The van der Waals surface area contributed by atoms with E-state index in [2.05, 4.69) is 0 Å². The molecular weight excluding hydrogens is 246 g/mol. The quantitative estimate of drug-likeness (QED) is 0.833. The Bertz CT molecular complexity index is 554. The molecule has 2 aromatic carbocycles. The third-order valence-corrected chi connectivity index (χ3v) is 3.25. The molecule has 0 bridgehead atoms. The number of anilines is 1. The number of rotatable bonds is 3. The second-order valence-electron chi connectivity index (χ2n) is 4.34. The van der Waals surface area contributed by atoms with Crippen molar-refractivity contribution in [2.45, 2.75) is 20.0 Å². The van der Waals surface area contributed by atoms with Gasteiger partial charge in [-0.15, -0.1) is 0 Å². The van der Waals surface area contributed by atoms with Gasteiger partial charge in [0.1, 0.15) is 11.9 Å². The van der Waals surface area contributed by atoms with Crippen molar-refractivity contribution in [3.8, 4) is 5.75 Å². The molecule has 0 fully saturated rings. The topological polar surface area (TPSA) is 35.2 Å². The Labute approximate surface area is 112 Å². The van der Waals surface area contributed by atoms with Gasteiger partial charge in [0.05, 0.1) is 0 Å². The van der Waals surface area contributed by atoms with Crippen molar-refractivity contribution in [2.24, 2.45) is 0 Å². The van der Waals surface area contributed by atoms with Gasteiger partial charge in [0.15, 0.2) is 0 Å². The fourth-order valence-electron chi connectivity index (χ4n) is 1.77. The van der Waals surface area contributed by atoms with Gasteiger partial charge in [-0.25, -0.2) is 0 Å². The molecule has 2 rings (SSSR count). The van der Waals surface area contributed by atoms with Crippen molar-refractivity contribution < 1.29 is 4.74 Å². The number of nitrogen functional groups attached to an aromatic ring is 1. The molecule has 2 aromatic rings. The molecule has 0 aliphatic rings. The van der Waals surface area contributed by atoms with Crippen molar-refractivity contribution in [3.63, 3.8) is 0 Å². The lowest BCUT2D eigenvalue weighted by molar-refractivity contribution is 0.227. The molecule has 18 heavy (non-hydrogen) atoms. The largest absolute Gasteiger partial charge is 0.486 e. The van der Waals surface area contributed by atoms with Gasteiger partial charge in [-0.05, 0) is 55.3 Å². The lowest BCUT2D eigenvalue weighted by atomic mass is 10.1. The van der Waals surface area contributed by atoms with Gasteiger partial charge in [0.2, 0.25) is 0 Å². The maximum atomic E-state index is 5.98. The summed E-state index contributed by atoms with van der Waals surface area (Å²) in [5, 5.41) is 0.749. The number of hydrogen-bond donors (Lipinski definition) is 1. The molecule has 94 valence electrons. The van der Waals surface area contributed by atoms with Gasteiger partial charge < -0.3 is 10.5 Å². The number of aryl methyl sites for hydroxylation is 1. The molecule has 2 nitrogen and oxygen atoms in total. The summed E-state index contributed by atoms with van der Waals surface area (Å²) in [4.78, 5) is 0. The third kappa shape index (κ3) is 2.96. The van der Waals surface area contributed by atoms with Crippen LogP contribution in [0.5, 0.6) is 5.75 Å². The van der Waals surface area contributed by atoms with Gasteiger partial charge in [-0.3, -0.25) is 0 Å². The zero-order chi connectivity index (χ0) is 13.1. The van der Waals surface area contributed by atoms with Crippen molar-refractivity contribution in [3.05, 3.63) is 58.6 Å². The van der Waals surface area contributed by atoms with Crippen LogP contribution in [0, 0.1) is 6.92 Å². The van der Waals surface area contributed by atoms with Crippen LogP contribution < -0.4 is 10.5 Å². The van der Waals surface area contributed by atoms with E-state index < -0.39 is 0 Å². The third-order valence-electron chi connectivity index (χ3n) is 2.82. The van der Waals surface area contributed by atoms with Crippen molar-refractivity contribution in [2.75, 3.05) is 5.73 Å². The van der Waals surface area contributed by atoms with Crippen molar-refractivity contribution in [1.82, 2.24) is 0 Å². The standard InChI is InChI=1S/C15H16ClNO/c1-10-8-14(6-7-15(10)16)18-11(2)12-4-3-5-13(17)9-12/h3-9,11H,17H2,1-2H3.